The number of carbonyl (C=O) groups is 1. The predicted octanol–water partition coefficient (Wildman–Crippen LogP) is 2.85. The van der Waals surface area contributed by atoms with Crippen molar-refractivity contribution >= 4 is 17.6 Å². The minimum atomic E-state index is -4.59. The molecule has 0 aromatic carbocycles. The number of rotatable bonds is 1. The second-order valence-electron chi connectivity index (χ2n) is 2.98. The number of halogens is 4. The highest BCUT2D eigenvalue weighted by atomic mass is 35.5. The van der Waals surface area contributed by atoms with Crippen LogP contribution in [0.5, 0.6) is 0 Å². The molecule has 0 saturated heterocycles. The van der Waals surface area contributed by atoms with Gasteiger partial charge in [-0.2, -0.15) is 13.2 Å². The molecular weight excluding hydrogens is 247 g/mol. The van der Waals surface area contributed by atoms with Crippen molar-refractivity contribution in [1.82, 2.24) is 4.98 Å². The summed E-state index contributed by atoms with van der Waals surface area (Å²) in [5.41, 5.74) is -1.23. The lowest BCUT2D eigenvalue weighted by atomic mass is 10.1. The van der Waals surface area contributed by atoms with Crippen LogP contribution in [0.15, 0.2) is 6.07 Å². The van der Waals surface area contributed by atoms with Gasteiger partial charge in [0.2, 0.25) is 0 Å². The maximum absolute atomic E-state index is 12.4. The van der Waals surface area contributed by atoms with Crippen LogP contribution in [0.1, 0.15) is 21.6 Å². The number of alkyl halides is 3. The first kappa shape index (κ1) is 12.8. The molecule has 1 heterocycles. The maximum Gasteiger partial charge on any atom is 0.419 e. The van der Waals surface area contributed by atoms with Crippen molar-refractivity contribution in [3.63, 3.8) is 0 Å². The van der Waals surface area contributed by atoms with Crippen LogP contribution in [0.25, 0.3) is 0 Å². The van der Waals surface area contributed by atoms with Crippen molar-refractivity contribution in [3.05, 3.63) is 28.0 Å². The lowest BCUT2D eigenvalue weighted by molar-refractivity contribution is -0.137. The van der Waals surface area contributed by atoms with Crippen molar-refractivity contribution in [2.75, 3.05) is 7.11 Å². The molecule has 0 atom stereocenters. The van der Waals surface area contributed by atoms with Crippen LogP contribution < -0.4 is 0 Å². The van der Waals surface area contributed by atoms with Gasteiger partial charge in [0, 0.05) is 0 Å². The van der Waals surface area contributed by atoms with Crippen LogP contribution in [0.4, 0.5) is 13.2 Å². The number of aromatic nitrogens is 1. The molecule has 0 spiro atoms. The Labute approximate surface area is 94.2 Å². The van der Waals surface area contributed by atoms with E-state index in [-0.39, 0.29) is 11.3 Å². The summed E-state index contributed by atoms with van der Waals surface area (Å²) in [6.45, 7) is 1.32. The first-order valence-corrected chi connectivity index (χ1v) is 4.47. The third-order valence-corrected chi connectivity index (χ3v) is 2.14. The molecule has 7 heteroatoms. The summed E-state index contributed by atoms with van der Waals surface area (Å²) in [6.07, 6.45) is -4.59. The zero-order valence-electron chi connectivity index (χ0n) is 8.35. The topological polar surface area (TPSA) is 39.2 Å². The van der Waals surface area contributed by atoms with Crippen LogP contribution in [0.2, 0.25) is 5.15 Å². The van der Waals surface area contributed by atoms with Gasteiger partial charge in [0.25, 0.3) is 0 Å². The Balaban J connectivity index is 3.33. The average Bonchev–Trinajstić information content (AvgIpc) is 2.18. The van der Waals surface area contributed by atoms with Crippen LogP contribution in [0, 0.1) is 6.92 Å². The van der Waals surface area contributed by atoms with E-state index in [2.05, 4.69) is 9.72 Å². The Morgan fingerprint density at radius 2 is 2.06 bits per heavy atom. The number of hydrogen-bond donors (Lipinski definition) is 0. The van der Waals surface area contributed by atoms with Crippen molar-refractivity contribution < 1.29 is 22.7 Å². The van der Waals surface area contributed by atoms with Crippen LogP contribution >= 0.6 is 11.6 Å². The normalized spacial score (nSPS) is 11.4. The van der Waals surface area contributed by atoms with E-state index < -0.39 is 22.9 Å². The van der Waals surface area contributed by atoms with Crippen LogP contribution in [-0.2, 0) is 10.9 Å². The van der Waals surface area contributed by atoms with Crippen molar-refractivity contribution in [2.45, 2.75) is 13.1 Å². The van der Waals surface area contributed by atoms with Gasteiger partial charge in [-0.3, -0.25) is 0 Å². The first-order valence-electron chi connectivity index (χ1n) is 4.10. The van der Waals surface area contributed by atoms with E-state index in [1.807, 2.05) is 0 Å². The van der Waals surface area contributed by atoms with E-state index in [4.69, 9.17) is 11.6 Å². The highest BCUT2D eigenvalue weighted by Gasteiger charge is 2.35. The lowest BCUT2D eigenvalue weighted by Gasteiger charge is -2.11. The number of carbonyl (C=O) groups excluding carboxylic acids is 1. The van der Waals surface area contributed by atoms with E-state index in [0.717, 1.165) is 13.2 Å². The molecule has 1 aromatic rings. The summed E-state index contributed by atoms with van der Waals surface area (Å²) < 4.78 is 41.6. The fourth-order valence-electron chi connectivity index (χ4n) is 1.09. The number of hydrogen-bond acceptors (Lipinski definition) is 3. The Hall–Kier alpha value is -1.30. The minimum absolute atomic E-state index is 0.0589. The average molecular weight is 254 g/mol. The molecule has 0 fully saturated rings. The smallest absolute Gasteiger partial charge is 0.419 e. The SMILES string of the molecule is COC(=O)c1nc(Cl)c(C(F)(F)F)cc1C. The minimum Gasteiger partial charge on any atom is -0.464 e. The molecule has 0 N–H and O–H groups in total. The van der Waals surface area contributed by atoms with Gasteiger partial charge in [-0.25, -0.2) is 9.78 Å². The van der Waals surface area contributed by atoms with Crippen molar-refractivity contribution in [3.8, 4) is 0 Å². The lowest BCUT2D eigenvalue weighted by Crippen LogP contribution is -2.13. The molecule has 0 aliphatic carbocycles. The van der Waals surface area contributed by atoms with Crippen LogP contribution in [-0.4, -0.2) is 18.1 Å². The Bertz CT molecular complexity index is 431. The molecule has 0 unspecified atom stereocenters. The highest BCUT2D eigenvalue weighted by molar-refractivity contribution is 6.30. The van der Waals surface area contributed by atoms with Crippen LogP contribution in [0.3, 0.4) is 0 Å². The number of esters is 1. The first-order chi connectivity index (χ1) is 7.27. The van der Waals surface area contributed by atoms with Gasteiger partial charge in [-0.1, -0.05) is 11.6 Å². The summed E-state index contributed by atoms with van der Waals surface area (Å²) in [4.78, 5) is 14.5. The van der Waals surface area contributed by atoms with E-state index in [1.54, 1.807) is 0 Å². The summed E-state index contributed by atoms with van der Waals surface area (Å²) >= 11 is 5.35. The third kappa shape index (κ3) is 2.44. The molecule has 0 amide bonds. The summed E-state index contributed by atoms with van der Waals surface area (Å²) in [5.74, 6) is -0.826. The van der Waals surface area contributed by atoms with Gasteiger partial charge in [0.1, 0.15) is 5.15 Å². The standard InChI is InChI=1S/C9H7ClF3NO2/c1-4-3-5(9(11,12)13)7(10)14-6(4)8(15)16-2/h3H,1-2H3. The predicted molar refractivity (Wildman–Crippen MR) is 50.3 cm³/mol. The zero-order valence-corrected chi connectivity index (χ0v) is 9.11. The van der Waals surface area contributed by atoms with E-state index >= 15 is 0 Å². The second-order valence-corrected chi connectivity index (χ2v) is 3.34. The molecule has 88 valence electrons. The molecule has 0 aliphatic rings. The molecule has 1 rings (SSSR count). The van der Waals surface area contributed by atoms with Crippen molar-refractivity contribution in [1.29, 1.82) is 0 Å². The van der Waals surface area contributed by atoms with Gasteiger partial charge in [-0.15, -0.1) is 0 Å². The fraction of sp³-hybridized carbons (Fsp3) is 0.333. The molecule has 1 aromatic heterocycles. The van der Waals surface area contributed by atoms with E-state index in [0.29, 0.717) is 0 Å². The highest BCUT2D eigenvalue weighted by Crippen LogP contribution is 2.34. The maximum atomic E-state index is 12.4. The second kappa shape index (κ2) is 4.29. The molecule has 16 heavy (non-hydrogen) atoms. The molecule has 0 bridgehead atoms. The number of ether oxygens (including phenoxy) is 1. The zero-order chi connectivity index (χ0) is 12.5. The Kier molecular flexibility index (Phi) is 3.42. The third-order valence-electron chi connectivity index (χ3n) is 1.85. The number of methoxy groups -OCH3 is 1. The quantitative estimate of drug-likeness (QED) is 0.571. The monoisotopic (exact) mass is 253 g/mol. The molecule has 0 radical (unpaired) electrons. The van der Waals surface area contributed by atoms with Gasteiger partial charge in [-0.05, 0) is 18.6 Å². The van der Waals surface area contributed by atoms with Gasteiger partial charge >= 0.3 is 12.1 Å². The fourth-order valence-corrected chi connectivity index (χ4v) is 1.34. The Morgan fingerprint density at radius 1 is 1.50 bits per heavy atom. The molecule has 0 saturated carbocycles. The van der Waals surface area contributed by atoms with E-state index in [1.165, 1.54) is 6.92 Å². The molecular formula is C9H7ClF3NO2. The van der Waals surface area contributed by atoms with Gasteiger partial charge < -0.3 is 4.74 Å². The largest absolute Gasteiger partial charge is 0.464 e. The van der Waals surface area contributed by atoms with Crippen molar-refractivity contribution in [2.24, 2.45) is 0 Å². The number of aryl methyl sites for hydroxylation is 1. The number of pyridine rings is 1. The Morgan fingerprint density at radius 3 is 2.50 bits per heavy atom. The summed E-state index contributed by atoms with van der Waals surface area (Å²) in [5, 5.41) is -0.765. The molecule has 0 aliphatic heterocycles. The summed E-state index contributed by atoms with van der Waals surface area (Å²) in [7, 11) is 1.11. The summed E-state index contributed by atoms with van der Waals surface area (Å²) in [6, 6.07) is 0.765. The molecule has 3 nitrogen and oxygen atoms in total. The van der Waals surface area contributed by atoms with Gasteiger partial charge in [0.15, 0.2) is 5.69 Å². The van der Waals surface area contributed by atoms with E-state index in [9.17, 15) is 18.0 Å². The van der Waals surface area contributed by atoms with Gasteiger partial charge in [0.05, 0.1) is 12.7 Å². The number of nitrogens with zero attached hydrogens (tertiary/aromatic N) is 1.